The fraction of sp³-hybridized carbons (Fsp3) is 0.414. The first-order chi connectivity index (χ1) is 20.8. The quantitative estimate of drug-likeness (QED) is 0.110. The molecule has 3 rings (SSSR count). The molecule has 15 heteroatoms. The summed E-state index contributed by atoms with van der Waals surface area (Å²) in [6.07, 6.45) is -3.69. The molecule has 1 heterocycles. The molecule has 3 atom stereocenters. The topological polar surface area (TPSA) is 160 Å². The first-order valence-corrected chi connectivity index (χ1v) is 14.6. The lowest BCUT2D eigenvalue weighted by Crippen LogP contribution is -2.56. The molecule has 0 saturated carbocycles. The monoisotopic (exact) mass is 684 g/mol. The van der Waals surface area contributed by atoms with Gasteiger partial charge in [-0.3, -0.25) is 24.2 Å². The van der Waals surface area contributed by atoms with Gasteiger partial charge in [-0.25, -0.2) is 4.39 Å². The third kappa shape index (κ3) is 9.76. The Balaban J connectivity index is 1.81. The zero-order valence-corrected chi connectivity index (χ0v) is 25.2. The summed E-state index contributed by atoms with van der Waals surface area (Å²) in [6.45, 7) is -0.995. The van der Waals surface area contributed by atoms with Crippen molar-refractivity contribution in [1.29, 1.82) is 0 Å². The molecule has 10 nitrogen and oxygen atoms in total. The van der Waals surface area contributed by atoms with Crippen LogP contribution in [0.3, 0.4) is 0 Å². The number of amides is 3. The third-order valence-corrected chi connectivity index (χ3v) is 7.58. The number of carbonyl (C=O) groups excluding carboxylic acids is 4. The van der Waals surface area contributed by atoms with E-state index < -0.39 is 60.0 Å². The summed E-state index contributed by atoms with van der Waals surface area (Å²) in [7, 11) is 0. The lowest BCUT2D eigenvalue weighted by atomic mass is 10.0. The second-order valence-electron chi connectivity index (χ2n) is 10.2. The number of rotatable bonds is 13. The van der Waals surface area contributed by atoms with Gasteiger partial charge >= 0.3 is 6.18 Å². The molecule has 1 saturated heterocycles. The number of Topliss-reactive ketones (excluding diaryl/α,β-unsaturated/α-hetero) is 1. The fourth-order valence-corrected chi connectivity index (χ4v) is 5.05. The SMILES string of the molecule is NC(N)=NCCCC(NC(=O)[C@@H]1CCCN1C(=O)C(Cc1ccc(C(F)(F)F)cc1)NC(=O)c1ccc(Br)cc1)C(=O)CF. The van der Waals surface area contributed by atoms with E-state index in [0.29, 0.717) is 12.0 Å². The van der Waals surface area contributed by atoms with Gasteiger partial charge < -0.3 is 27.0 Å². The standard InChI is InChI=1S/C29H33BrF4N6O4/c30-20-11-7-18(8-12-20)25(42)39-22(15-17-5-9-19(10-6-17)29(32,33)34)27(44)40-14-2-4-23(40)26(43)38-21(24(41)16-31)3-1-13-37-28(35)36/h5-12,21-23H,1-4,13-16H2,(H,38,43)(H,39,42)(H4,35,36,37)/t21?,22?,23-/m0/s1. The van der Waals surface area contributed by atoms with Crippen LogP contribution in [-0.2, 0) is 27.0 Å². The van der Waals surface area contributed by atoms with Gasteiger partial charge in [-0.2, -0.15) is 13.2 Å². The average Bonchev–Trinajstić information content (AvgIpc) is 3.48. The van der Waals surface area contributed by atoms with Crippen molar-refractivity contribution in [3.8, 4) is 0 Å². The van der Waals surface area contributed by atoms with Crippen molar-refractivity contribution in [3.05, 3.63) is 69.7 Å². The Kier molecular flexibility index (Phi) is 12.3. The lowest BCUT2D eigenvalue weighted by Gasteiger charge is -2.30. The Morgan fingerprint density at radius 2 is 1.66 bits per heavy atom. The molecule has 44 heavy (non-hydrogen) atoms. The summed E-state index contributed by atoms with van der Waals surface area (Å²) in [5, 5.41) is 5.19. The van der Waals surface area contributed by atoms with E-state index in [-0.39, 0.29) is 50.3 Å². The molecule has 0 aromatic heterocycles. The maximum atomic E-state index is 13.8. The zero-order chi connectivity index (χ0) is 32.4. The smallest absolute Gasteiger partial charge is 0.370 e. The lowest BCUT2D eigenvalue weighted by molar-refractivity contribution is -0.140. The minimum absolute atomic E-state index is 0.0612. The Hall–Kier alpha value is -4.01. The number of aliphatic imine (C=N–C) groups is 1. The van der Waals surface area contributed by atoms with E-state index >= 15 is 0 Å². The van der Waals surface area contributed by atoms with Crippen LogP contribution >= 0.6 is 15.9 Å². The molecule has 3 amide bonds. The Bertz CT molecular complexity index is 1350. The van der Waals surface area contributed by atoms with E-state index in [1.54, 1.807) is 12.1 Å². The van der Waals surface area contributed by atoms with Crippen LogP contribution < -0.4 is 22.1 Å². The predicted molar refractivity (Wildman–Crippen MR) is 158 cm³/mol. The van der Waals surface area contributed by atoms with Crippen LogP contribution in [0.4, 0.5) is 17.6 Å². The largest absolute Gasteiger partial charge is 0.416 e. The Labute approximate surface area is 259 Å². The van der Waals surface area contributed by atoms with Crippen molar-refractivity contribution in [2.24, 2.45) is 16.5 Å². The molecular weight excluding hydrogens is 652 g/mol. The highest BCUT2D eigenvalue weighted by Gasteiger charge is 2.39. The number of nitrogens with two attached hydrogens (primary N) is 2. The molecule has 6 N–H and O–H groups in total. The molecule has 2 unspecified atom stereocenters. The number of nitrogens with zero attached hydrogens (tertiary/aromatic N) is 2. The van der Waals surface area contributed by atoms with Crippen LogP contribution in [-0.4, -0.2) is 72.3 Å². The molecule has 0 radical (unpaired) electrons. The van der Waals surface area contributed by atoms with Gasteiger partial charge in [0, 0.05) is 29.5 Å². The van der Waals surface area contributed by atoms with Crippen LogP contribution in [0.2, 0.25) is 0 Å². The Morgan fingerprint density at radius 3 is 2.25 bits per heavy atom. The maximum Gasteiger partial charge on any atom is 0.416 e. The van der Waals surface area contributed by atoms with Crippen LogP contribution in [0.25, 0.3) is 0 Å². The number of halogens is 5. The number of alkyl halides is 4. The highest BCUT2D eigenvalue weighted by atomic mass is 79.9. The predicted octanol–water partition coefficient (Wildman–Crippen LogP) is 2.88. The molecule has 1 aliphatic heterocycles. The molecule has 1 fully saturated rings. The summed E-state index contributed by atoms with van der Waals surface area (Å²) in [5.41, 5.74) is 10.3. The first kappa shape index (κ1) is 34.5. The highest BCUT2D eigenvalue weighted by Crippen LogP contribution is 2.29. The molecular formula is C29H33BrF4N6O4. The fourth-order valence-electron chi connectivity index (χ4n) is 4.79. The van der Waals surface area contributed by atoms with E-state index in [1.165, 1.54) is 29.2 Å². The van der Waals surface area contributed by atoms with E-state index in [1.807, 2.05) is 0 Å². The molecule has 2 aromatic carbocycles. The number of likely N-dealkylation sites (tertiary alicyclic amines) is 1. The summed E-state index contributed by atoms with van der Waals surface area (Å²) in [6, 6.07) is 7.11. The van der Waals surface area contributed by atoms with Crippen LogP contribution in [0.15, 0.2) is 58.0 Å². The number of nitrogens with one attached hydrogen (secondary N) is 2. The van der Waals surface area contributed by atoms with Crippen LogP contribution in [0.5, 0.6) is 0 Å². The van der Waals surface area contributed by atoms with Crippen molar-refractivity contribution in [2.75, 3.05) is 19.8 Å². The molecule has 0 spiro atoms. The number of carbonyl (C=O) groups is 4. The summed E-state index contributed by atoms with van der Waals surface area (Å²) >= 11 is 3.28. The number of hydrogen-bond acceptors (Lipinski definition) is 5. The number of ketones is 1. The zero-order valence-electron chi connectivity index (χ0n) is 23.6. The van der Waals surface area contributed by atoms with E-state index in [2.05, 4.69) is 31.6 Å². The van der Waals surface area contributed by atoms with Crippen molar-refractivity contribution in [1.82, 2.24) is 15.5 Å². The van der Waals surface area contributed by atoms with Gasteiger partial charge in [0.15, 0.2) is 11.7 Å². The minimum atomic E-state index is -4.55. The second-order valence-corrected chi connectivity index (χ2v) is 11.1. The molecule has 2 aromatic rings. The Morgan fingerprint density at radius 1 is 1.00 bits per heavy atom. The maximum absolute atomic E-state index is 13.8. The van der Waals surface area contributed by atoms with Crippen molar-refractivity contribution < 1.29 is 36.7 Å². The van der Waals surface area contributed by atoms with E-state index in [4.69, 9.17) is 11.5 Å². The van der Waals surface area contributed by atoms with Crippen molar-refractivity contribution in [2.45, 2.75) is 56.4 Å². The van der Waals surface area contributed by atoms with Gasteiger partial charge in [0.2, 0.25) is 11.8 Å². The molecule has 238 valence electrons. The van der Waals surface area contributed by atoms with Crippen LogP contribution in [0.1, 0.15) is 47.2 Å². The van der Waals surface area contributed by atoms with E-state index in [0.717, 1.165) is 16.6 Å². The molecule has 0 aliphatic carbocycles. The van der Waals surface area contributed by atoms with Gasteiger partial charge in [0.25, 0.3) is 5.91 Å². The highest BCUT2D eigenvalue weighted by molar-refractivity contribution is 9.10. The summed E-state index contributed by atoms with van der Waals surface area (Å²) in [5.74, 6) is -2.90. The van der Waals surface area contributed by atoms with E-state index in [9.17, 15) is 36.7 Å². The van der Waals surface area contributed by atoms with Crippen molar-refractivity contribution >= 4 is 45.4 Å². The average molecular weight is 686 g/mol. The molecule has 1 aliphatic rings. The van der Waals surface area contributed by atoms with Gasteiger partial charge in [-0.15, -0.1) is 0 Å². The number of guanidine groups is 1. The van der Waals surface area contributed by atoms with Gasteiger partial charge in [0.1, 0.15) is 18.8 Å². The van der Waals surface area contributed by atoms with Gasteiger partial charge in [0.05, 0.1) is 11.6 Å². The van der Waals surface area contributed by atoms with Gasteiger partial charge in [-0.1, -0.05) is 28.1 Å². The second kappa shape index (κ2) is 15.6. The molecule has 0 bridgehead atoms. The minimum Gasteiger partial charge on any atom is -0.370 e. The van der Waals surface area contributed by atoms with Gasteiger partial charge in [-0.05, 0) is 67.6 Å². The summed E-state index contributed by atoms with van der Waals surface area (Å²) in [4.78, 5) is 57.5. The normalized spacial score (nSPS) is 16.1. The number of hydrogen-bond donors (Lipinski definition) is 4. The van der Waals surface area contributed by atoms with Crippen molar-refractivity contribution in [3.63, 3.8) is 0 Å². The number of benzene rings is 2. The first-order valence-electron chi connectivity index (χ1n) is 13.8. The third-order valence-electron chi connectivity index (χ3n) is 7.05. The summed E-state index contributed by atoms with van der Waals surface area (Å²) < 4.78 is 53.2. The van der Waals surface area contributed by atoms with Crippen LogP contribution in [0, 0.1) is 0 Å².